The van der Waals surface area contributed by atoms with E-state index in [1.807, 2.05) is 66.7 Å². The fourth-order valence-electron chi connectivity index (χ4n) is 6.31. The van der Waals surface area contributed by atoms with Gasteiger partial charge in [0.1, 0.15) is 11.5 Å². The number of ether oxygens (including phenoxy) is 2. The Balaban J connectivity index is 1.71. The van der Waals surface area contributed by atoms with Crippen LogP contribution in [0.15, 0.2) is 121 Å². The van der Waals surface area contributed by atoms with Gasteiger partial charge in [-0.05, 0) is 97.3 Å². The van der Waals surface area contributed by atoms with Crippen molar-refractivity contribution in [2.75, 3.05) is 14.2 Å². The fraction of sp³-hybridized carbons (Fsp3) is 0.0952. The summed E-state index contributed by atoms with van der Waals surface area (Å²) in [6, 6.07) is 45.2. The summed E-state index contributed by atoms with van der Waals surface area (Å²) in [4.78, 5) is 0. The Hall–Kier alpha value is -6.50. The number of benzene rings is 5. The summed E-state index contributed by atoms with van der Waals surface area (Å²) in [5.41, 5.74) is 13.3. The second kappa shape index (κ2) is 12.4. The Morgan fingerprint density at radius 3 is 1.48 bits per heavy atom. The van der Waals surface area contributed by atoms with Crippen LogP contribution in [0.1, 0.15) is 22.3 Å². The van der Waals surface area contributed by atoms with Crippen LogP contribution < -0.4 is 9.47 Å². The molecule has 7 aromatic rings. The van der Waals surface area contributed by atoms with Crippen LogP contribution in [0, 0.1) is 36.5 Å². The molecule has 0 aliphatic rings. The number of rotatable bonds is 7. The molecule has 0 spiro atoms. The molecule has 2 aromatic heterocycles. The molecule has 0 bridgehead atoms. The van der Waals surface area contributed by atoms with Gasteiger partial charge in [-0.1, -0.05) is 59.7 Å². The summed E-state index contributed by atoms with van der Waals surface area (Å²) in [5.74, 6) is 1.35. The van der Waals surface area contributed by atoms with Crippen LogP contribution in [0.4, 0.5) is 0 Å². The van der Waals surface area contributed by atoms with Gasteiger partial charge in [0, 0.05) is 23.0 Å². The molecule has 5 aromatic carbocycles. The summed E-state index contributed by atoms with van der Waals surface area (Å²) in [6.45, 7) is 4.17. The Kier molecular flexibility index (Phi) is 7.77. The van der Waals surface area contributed by atoms with Crippen LogP contribution in [0.3, 0.4) is 0 Å². The van der Waals surface area contributed by atoms with E-state index in [1.54, 1.807) is 14.2 Å². The molecule has 6 nitrogen and oxygen atoms in total. The summed E-state index contributed by atoms with van der Waals surface area (Å²) >= 11 is 0. The second-order valence-corrected chi connectivity index (χ2v) is 11.8. The SMILES string of the molecule is COc1cc(OC)cc(-c2c(-c3ccc(C#N)cc3)n(-c3ccc(C)cc3)c3cc(-c4ccc(C#N)cc4)n(-c4ccc(C)cc4)c23)c1. The predicted molar refractivity (Wildman–Crippen MR) is 191 cm³/mol. The monoisotopic (exact) mass is 624 g/mol. The Bertz CT molecular complexity index is 2300. The minimum Gasteiger partial charge on any atom is -0.497 e. The van der Waals surface area contributed by atoms with E-state index in [0.29, 0.717) is 22.6 Å². The zero-order valence-electron chi connectivity index (χ0n) is 27.2. The van der Waals surface area contributed by atoms with Crippen molar-refractivity contribution in [3.63, 3.8) is 0 Å². The number of hydrogen-bond acceptors (Lipinski definition) is 4. The molecule has 0 atom stereocenters. The highest BCUT2D eigenvalue weighted by Gasteiger charge is 2.28. The number of fused-ring (bicyclic) bond motifs is 1. The Labute approximate surface area is 279 Å². The summed E-state index contributed by atoms with van der Waals surface area (Å²) in [6.07, 6.45) is 0. The van der Waals surface area contributed by atoms with Crippen molar-refractivity contribution in [2.45, 2.75) is 13.8 Å². The van der Waals surface area contributed by atoms with Gasteiger partial charge in [0.15, 0.2) is 0 Å². The maximum Gasteiger partial charge on any atom is 0.123 e. The lowest BCUT2D eigenvalue weighted by Gasteiger charge is -2.17. The molecule has 0 aliphatic carbocycles. The third-order valence-corrected chi connectivity index (χ3v) is 8.74. The lowest BCUT2D eigenvalue weighted by atomic mass is 9.98. The number of nitriles is 2. The second-order valence-electron chi connectivity index (χ2n) is 11.8. The van der Waals surface area contributed by atoms with E-state index in [4.69, 9.17) is 9.47 Å². The van der Waals surface area contributed by atoms with Gasteiger partial charge in [0.05, 0.1) is 59.9 Å². The smallest absolute Gasteiger partial charge is 0.123 e. The van der Waals surface area contributed by atoms with Crippen LogP contribution >= 0.6 is 0 Å². The molecule has 2 heterocycles. The van der Waals surface area contributed by atoms with Gasteiger partial charge in [-0.2, -0.15) is 10.5 Å². The van der Waals surface area contributed by atoms with Crippen molar-refractivity contribution in [1.29, 1.82) is 10.5 Å². The quantitative estimate of drug-likeness (QED) is 0.177. The third-order valence-electron chi connectivity index (χ3n) is 8.74. The Morgan fingerprint density at radius 2 is 1.00 bits per heavy atom. The summed E-state index contributed by atoms with van der Waals surface area (Å²) in [7, 11) is 3.32. The summed E-state index contributed by atoms with van der Waals surface area (Å²) < 4.78 is 16.2. The maximum atomic E-state index is 9.64. The molecule has 0 radical (unpaired) electrons. The van der Waals surface area contributed by atoms with Crippen LogP contribution in [0.5, 0.6) is 11.5 Å². The highest BCUT2D eigenvalue weighted by Crippen LogP contribution is 2.48. The molecular weight excluding hydrogens is 592 g/mol. The zero-order chi connectivity index (χ0) is 33.4. The molecule has 7 rings (SSSR count). The zero-order valence-corrected chi connectivity index (χ0v) is 27.2. The minimum atomic E-state index is 0.591. The van der Waals surface area contributed by atoms with Crippen LogP contribution in [-0.4, -0.2) is 23.4 Å². The van der Waals surface area contributed by atoms with Gasteiger partial charge in [0.2, 0.25) is 0 Å². The highest BCUT2D eigenvalue weighted by molar-refractivity contribution is 6.07. The van der Waals surface area contributed by atoms with Gasteiger partial charge in [-0.15, -0.1) is 0 Å². The van der Waals surface area contributed by atoms with Crippen LogP contribution in [0.2, 0.25) is 0 Å². The minimum absolute atomic E-state index is 0.591. The van der Waals surface area contributed by atoms with E-state index in [0.717, 1.165) is 67.2 Å². The number of hydrogen-bond donors (Lipinski definition) is 0. The highest BCUT2D eigenvalue weighted by atomic mass is 16.5. The van der Waals surface area contributed by atoms with Crippen molar-refractivity contribution >= 4 is 11.0 Å². The molecule has 0 unspecified atom stereocenters. The third kappa shape index (κ3) is 5.26. The van der Waals surface area contributed by atoms with Crippen molar-refractivity contribution in [2.24, 2.45) is 0 Å². The van der Waals surface area contributed by atoms with Crippen molar-refractivity contribution in [3.8, 4) is 68.7 Å². The fourth-order valence-corrected chi connectivity index (χ4v) is 6.31. The van der Waals surface area contributed by atoms with Gasteiger partial charge in [0.25, 0.3) is 0 Å². The van der Waals surface area contributed by atoms with E-state index in [-0.39, 0.29) is 0 Å². The number of methoxy groups -OCH3 is 2. The van der Waals surface area contributed by atoms with E-state index in [9.17, 15) is 10.5 Å². The first kappa shape index (κ1) is 30.2. The van der Waals surface area contributed by atoms with Gasteiger partial charge >= 0.3 is 0 Å². The van der Waals surface area contributed by atoms with Crippen molar-refractivity contribution < 1.29 is 9.47 Å². The number of aryl methyl sites for hydroxylation is 2. The molecular formula is C42H32N4O2. The standard InChI is InChI=1S/C42H32N4O2/c1-27-5-17-34(18-6-27)45-38(31-13-9-29(25-43)10-14-31)24-39-42(45)40(33-21-36(47-3)23-37(22-33)48-4)41(32-15-11-30(26-44)12-16-32)46(39)35-19-7-28(2)8-20-35/h5-24H,1-4H3. The first-order valence-electron chi connectivity index (χ1n) is 15.6. The predicted octanol–water partition coefficient (Wildman–Crippen LogP) is 9.80. The molecule has 0 fully saturated rings. The lowest BCUT2D eigenvalue weighted by Crippen LogP contribution is -2.00. The van der Waals surface area contributed by atoms with Gasteiger partial charge < -0.3 is 18.6 Å². The Morgan fingerprint density at radius 1 is 0.521 bits per heavy atom. The molecule has 0 aliphatic heterocycles. The molecule has 0 amide bonds. The van der Waals surface area contributed by atoms with E-state index < -0.39 is 0 Å². The molecule has 0 saturated heterocycles. The van der Waals surface area contributed by atoms with Crippen molar-refractivity contribution in [1.82, 2.24) is 9.13 Å². The van der Waals surface area contributed by atoms with E-state index in [1.165, 1.54) is 0 Å². The molecule has 6 heteroatoms. The largest absolute Gasteiger partial charge is 0.497 e. The average Bonchev–Trinajstić information content (AvgIpc) is 3.67. The van der Waals surface area contributed by atoms with Crippen LogP contribution in [0.25, 0.3) is 56.0 Å². The summed E-state index contributed by atoms with van der Waals surface area (Å²) in [5, 5.41) is 19.2. The molecule has 0 saturated carbocycles. The number of nitrogens with zero attached hydrogens (tertiary/aromatic N) is 4. The first-order valence-corrected chi connectivity index (χ1v) is 15.6. The molecule has 232 valence electrons. The number of aromatic nitrogens is 2. The van der Waals surface area contributed by atoms with Gasteiger partial charge in [-0.3, -0.25) is 0 Å². The topological polar surface area (TPSA) is 75.9 Å². The first-order chi connectivity index (χ1) is 23.4. The van der Waals surface area contributed by atoms with E-state index >= 15 is 0 Å². The van der Waals surface area contributed by atoms with Gasteiger partial charge in [-0.25, -0.2) is 0 Å². The van der Waals surface area contributed by atoms with Crippen molar-refractivity contribution in [3.05, 3.63) is 144 Å². The molecule has 48 heavy (non-hydrogen) atoms. The maximum absolute atomic E-state index is 9.64. The van der Waals surface area contributed by atoms with Crippen LogP contribution in [-0.2, 0) is 0 Å². The lowest BCUT2D eigenvalue weighted by molar-refractivity contribution is 0.394. The molecule has 0 N–H and O–H groups in total. The van der Waals surface area contributed by atoms with E-state index in [2.05, 4.69) is 89.7 Å². The normalized spacial score (nSPS) is 10.9. The average molecular weight is 625 g/mol.